The zero-order valence-corrected chi connectivity index (χ0v) is 10.8. The highest BCUT2D eigenvalue weighted by atomic mass is 16.6. The van der Waals surface area contributed by atoms with Crippen LogP contribution in [-0.2, 0) is 0 Å². The third kappa shape index (κ3) is 2.50. The predicted molar refractivity (Wildman–Crippen MR) is 70.9 cm³/mol. The number of hydrogen-bond acceptors (Lipinski definition) is 5. The van der Waals surface area contributed by atoms with Gasteiger partial charge in [-0.25, -0.2) is 9.78 Å². The number of carboxylic acids is 1. The predicted octanol–water partition coefficient (Wildman–Crippen LogP) is 1.13. The molecule has 8 heteroatoms. The Morgan fingerprint density at radius 2 is 2.00 bits per heavy atom. The molecule has 2 heterocycles. The van der Waals surface area contributed by atoms with Crippen molar-refractivity contribution in [1.82, 2.24) is 9.97 Å². The van der Waals surface area contributed by atoms with Crippen LogP contribution in [0.25, 0.3) is 0 Å². The standard InChI is InChI=1S/C13H11N3O5/c17-12(10-11(13(18)19)15-6-14-10)16-7-1-2-8-9(5-7)21-4-3-20-8/h1-2,5-6H,3-4H2,(H,14,15)(H,16,17)(H,18,19). The number of aromatic carboxylic acids is 1. The number of carbonyl (C=O) groups is 2. The average molecular weight is 289 g/mol. The molecule has 2 aromatic rings. The quantitative estimate of drug-likeness (QED) is 0.780. The molecule has 1 aliphatic heterocycles. The molecule has 0 radical (unpaired) electrons. The Kier molecular flexibility index (Phi) is 3.19. The van der Waals surface area contributed by atoms with Crippen LogP contribution in [0.2, 0.25) is 0 Å². The van der Waals surface area contributed by atoms with Gasteiger partial charge in [0.15, 0.2) is 22.9 Å². The molecule has 0 unspecified atom stereocenters. The van der Waals surface area contributed by atoms with E-state index in [1.165, 1.54) is 0 Å². The number of amides is 1. The van der Waals surface area contributed by atoms with Gasteiger partial charge in [0.2, 0.25) is 0 Å². The number of carboxylic acid groups (broad SMARTS) is 1. The van der Waals surface area contributed by atoms with E-state index in [0.717, 1.165) is 6.33 Å². The Bertz CT molecular complexity index is 710. The Balaban J connectivity index is 1.81. The van der Waals surface area contributed by atoms with Crippen LogP contribution in [0, 0.1) is 0 Å². The van der Waals surface area contributed by atoms with Gasteiger partial charge >= 0.3 is 5.97 Å². The van der Waals surface area contributed by atoms with Crippen LogP contribution in [0.3, 0.4) is 0 Å². The summed E-state index contributed by atoms with van der Waals surface area (Å²) in [7, 11) is 0. The van der Waals surface area contributed by atoms with Crippen molar-refractivity contribution < 1.29 is 24.2 Å². The number of imidazole rings is 1. The van der Waals surface area contributed by atoms with Crippen LogP contribution in [0.4, 0.5) is 5.69 Å². The molecule has 0 saturated carbocycles. The molecule has 3 N–H and O–H groups in total. The molecule has 8 nitrogen and oxygen atoms in total. The fourth-order valence-electron chi connectivity index (χ4n) is 1.94. The summed E-state index contributed by atoms with van der Waals surface area (Å²) in [6, 6.07) is 4.92. The van der Waals surface area contributed by atoms with Gasteiger partial charge in [-0.2, -0.15) is 0 Å². The smallest absolute Gasteiger partial charge is 0.354 e. The zero-order valence-electron chi connectivity index (χ0n) is 10.8. The van der Waals surface area contributed by atoms with Gasteiger partial charge in [-0.1, -0.05) is 0 Å². The number of rotatable bonds is 3. The SMILES string of the molecule is O=C(Nc1ccc2c(c1)OCCO2)c1nc[nH]c1C(=O)O. The van der Waals surface area contributed by atoms with Gasteiger partial charge in [0.1, 0.15) is 13.2 Å². The summed E-state index contributed by atoms with van der Waals surface area (Å²) >= 11 is 0. The van der Waals surface area contributed by atoms with Crippen molar-refractivity contribution in [2.75, 3.05) is 18.5 Å². The van der Waals surface area contributed by atoms with Gasteiger partial charge in [0.25, 0.3) is 5.91 Å². The van der Waals surface area contributed by atoms with E-state index in [4.69, 9.17) is 14.6 Å². The van der Waals surface area contributed by atoms with E-state index in [-0.39, 0.29) is 11.4 Å². The van der Waals surface area contributed by atoms with Crippen molar-refractivity contribution in [3.63, 3.8) is 0 Å². The minimum atomic E-state index is -1.25. The maximum Gasteiger partial charge on any atom is 0.354 e. The minimum absolute atomic E-state index is 0.183. The van der Waals surface area contributed by atoms with E-state index >= 15 is 0 Å². The summed E-state index contributed by atoms with van der Waals surface area (Å²) in [6.07, 6.45) is 1.15. The second kappa shape index (κ2) is 5.16. The number of benzene rings is 1. The lowest BCUT2D eigenvalue weighted by atomic mass is 10.2. The maximum atomic E-state index is 12.0. The summed E-state index contributed by atoms with van der Waals surface area (Å²) in [5.74, 6) is -0.741. The van der Waals surface area contributed by atoms with Gasteiger partial charge in [-0.05, 0) is 12.1 Å². The Morgan fingerprint density at radius 1 is 1.24 bits per heavy atom. The summed E-state index contributed by atoms with van der Waals surface area (Å²) in [6.45, 7) is 0.918. The van der Waals surface area contributed by atoms with Crippen LogP contribution < -0.4 is 14.8 Å². The molecule has 0 aliphatic carbocycles. The molecule has 108 valence electrons. The lowest BCUT2D eigenvalue weighted by Gasteiger charge is -2.18. The largest absolute Gasteiger partial charge is 0.486 e. The lowest BCUT2D eigenvalue weighted by molar-refractivity contribution is 0.0686. The second-order valence-electron chi connectivity index (χ2n) is 4.24. The third-order valence-electron chi connectivity index (χ3n) is 2.87. The van der Waals surface area contributed by atoms with Crippen LogP contribution in [-0.4, -0.2) is 40.2 Å². The Morgan fingerprint density at radius 3 is 2.76 bits per heavy atom. The summed E-state index contributed by atoms with van der Waals surface area (Å²) in [5, 5.41) is 11.5. The molecule has 1 aromatic carbocycles. The number of carbonyl (C=O) groups excluding carboxylic acids is 1. The fourth-order valence-corrected chi connectivity index (χ4v) is 1.94. The van der Waals surface area contributed by atoms with Crippen molar-refractivity contribution in [3.05, 3.63) is 35.9 Å². The molecular weight excluding hydrogens is 278 g/mol. The van der Waals surface area contributed by atoms with Crippen LogP contribution in [0.5, 0.6) is 11.5 Å². The van der Waals surface area contributed by atoms with E-state index in [9.17, 15) is 9.59 Å². The number of nitrogens with zero attached hydrogens (tertiary/aromatic N) is 1. The fraction of sp³-hybridized carbons (Fsp3) is 0.154. The molecule has 0 spiro atoms. The minimum Gasteiger partial charge on any atom is -0.486 e. The number of nitrogens with one attached hydrogen (secondary N) is 2. The molecule has 0 fully saturated rings. The first-order valence-corrected chi connectivity index (χ1v) is 6.13. The van der Waals surface area contributed by atoms with Gasteiger partial charge in [0, 0.05) is 11.8 Å². The number of fused-ring (bicyclic) bond motifs is 1. The highest BCUT2D eigenvalue weighted by molar-refractivity contribution is 6.08. The lowest BCUT2D eigenvalue weighted by Crippen LogP contribution is -2.18. The maximum absolute atomic E-state index is 12.0. The highest BCUT2D eigenvalue weighted by Crippen LogP contribution is 2.32. The number of anilines is 1. The Hall–Kier alpha value is -3.03. The topological polar surface area (TPSA) is 114 Å². The monoisotopic (exact) mass is 289 g/mol. The number of ether oxygens (including phenoxy) is 2. The van der Waals surface area contributed by atoms with Crippen molar-refractivity contribution in [2.45, 2.75) is 0 Å². The summed E-state index contributed by atoms with van der Waals surface area (Å²) in [5.41, 5.74) is 0.0195. The van der Waals surface area contributed by atoms with Crippen LogP contribution in [0.15, 0.2) is 24.5 Å². The first-order valence-electron chi connectivity index (χ1n) is 6.13. The number of H-pyrrole nitrogens is 1. The van der Waals surface area contributed by atoms with Gasteiger partial charge in [-0.15, -0.1) is 0 Å². The van der Waals surface area contributed by atoms with Gasteiger partial charge in [0.05, 0.1) is 6.33 Å². The summed E-state index contributed by atoms with van der Waals surface area (Å²) < 4.78 is 10.8. The van der Waals surface area contributed by atoms with E-state index in [1.54, 1.807) is 18.2 Å². The molecular formula is C13H11N3O5. The van der Waals surface area contributed by atoms with Gasteiger partial charge < -0.3 is 24.9 Å². The molecule has 0 atom stereocenters. The van der Waals surface area contributed by atoms with Crippen molar-refractivity contribution in [2.24, 2.45) is 0 Å². The molecule has 1 aromatic heterocycles. The Labute approximate surface area is 118 Å². The molecule has 0 saturated heterocycles. The molecule has 3 rings (SSSR count). The molecule has 1 aliphatic rings. The molecule has 21 heavy (non-hydrogen) atoms. The van der Waals surface area contributed by atoms with Crippen molar-refractivity contribution in [3.8, 4) is 11.5 Å². The van der Waals surface area contributed by atoms with Crippen LogP contribution >= 0.6 is 0 Å². The number of hydrogen-bond donors (Lipinski definition) is 3. The second-order valence-corrected chi connectivity index (χ2v) is 4.24. The first kappa shape index (κ1) is 13.0. The van der Waals surface area contributed by atoms with E-state index in [1.807, 2.05) is 0 Å². The van der Waals surface area contributed by atoms with Crippen molar-refractivity contribution in [1.29, 1.82) is 0 Å². The zero-order chi connectivity index (χ0) is 14.8. The first-order chi connectivity index (χ1) is 10.1. The normalized spacial score (nSPS) is 12.8. The van der Waals surface area contributed by atoms with Gasteiger partial charge in [-0.3, -0.25) is 4.79 Å². The van der Waals surface area contributed by atoms with Crippen LogP contribution in [0.1, 0.15) is 21.0 Å². The number of aromatic amines is 1. The number of aromatic nitrogens is 2. The van der Waals surface area contributed by atoms with E-state index in [0.29, 0.717) is 30.4 Å². The third-order valence-corrected chi connectivity index (χ3v) is 2.87. The average Bonchev–Trinajstić information content (AvgIpc) is 2.97. The highest BCUT2D eigenvalue weighted by Gasteiger charge is 2.20. The van der Waals surface area contributed by atoms with E-state index < -0.39 is 11.9 Å². The molecule has 0 bridgehead atoms. The van der Waals surface area contributed by atoms with E-state index in [2.05, 4.69) is 15.3 Å². The summed E-state index contributed by atoms with van der Waals surface area (Å²) in [4.78, 5) is 29.1. The molecule has 1 amide bonds. The van der Waals surface area contributed by atoms with Crippen molar-refractivity contribution >= 4 is 17.6 Å².